The molecule has 0 spiro atoms. The van der Waals surface area contributed by atoms with E-state index in [1.165, 1.54) is 6.07 Å². The normalized spacial score (nSPS) is 19.7. The van der Waals surface area contributed by atoms with Gasteiger partial charge in [-0.3, -0.25) is 0 Å². The molecule has 8 heteroatoms. The summed E-state index contributed by atoms with van der Waals surface area (Å²) < 4.78 is 26.5. The van der Waals surface area contributed by atoms with Gasteiger partial charge in [-0.05, 0) is 38.4 Å². The quantitative estimate of drug-likeness (QED) is 0.852. The monoisotopic (exact) mass is 306 g/mol. The van der Waals surface area contributed by atoms with Crippen LogP contribution in [-0.2, 0) is 10.0 Å². The maximum absolute atomic E-state index is 11.9. The summed E-state index contributed by atoms with van der Waals surface area (Å²) in [7, 11) is -3.54. The van der Waals surface area contributed by atoms with Crippen molar-refractivity contribution in [2.75, 3.05) is 13.1 Å². The average Bonchev–Trinajstić information content (AvgIpc) is 2.38. The molecule has 2 rings (SSSR count). The molecule has 108 valence electrons. The number of hydrogen-bond donors (Lipinski definition) is 2. The molecule has 1 aromatic rings. The van der Waals surface area contributed by atoms with Gasteiger partial charge in [-0.2, -0.15) is 5.10 Å². The molecule has 6 nitrogen and oxygen atoms in total. The predicted molar refractivity (Wildman–Crippen MR) is 74.8 cm³/mol. The number of sulfonamides is 1. The number of hydrogen-bond acceptors (Lipinski definition) is 5. The van der Waals surface area contributed by atoms with E-state index in [0.717, 1.165) is 25.8 Å². The Morgan fingerprint density at radius 2 is 2.16 bits per heavy atom. The molecule has 1 unspecified atom stereocenters. The Bertz CT molecular complexity index is 486. The number of halogens is 1. The Labute approximate surface area is 119 Å². The van der Waals surface area contributed by atoms with E-state index in [1.807, 2.05) is 0 Å². The highest BCUT2D eigenvalue weighted by molar-refractivity contribution is 7.89. The van der Waals surface area contributed by atoms with Crippen molar-refractivity contribution in [1.82, 2.24) is 20.2 Å². The number of rotatable bonds is 4. The lowest BCUT2D eigenvalue weighted by molar-refractivity contribution is 0.398. The first-order valence-electron chi connectivity index (χ1n) is 6.11. The molecule has 0 radical (unpaired) electrons. The number of aromatic nitrogens is 2. The second kappa shape index (κ2) is 7.14. The van der Waals surface area contributed by atoms with Crippen LogP contribution in [0.15, 0.2) is 17.2 Å². The van der Waals surface area contributed by atoms with Crippen LogP contribution in [-0.4, -0.2) is 37.7 Å². The maximum atomic E-state index is 11.9. The first-order valence-corrected chi connectivity index (χ1v) is 7.59. The topological polar surface area (TPSA) is 84.0 Å². The molecular weight excluding hydrogens is 288 g/mol. The zero-order valence-corrected chi connectivity index (χ0v) is 12.4. The van der Waals surface area contributed by atoms with Crippen molar-refractivity contribution < 1.29 is 8.42 Å². The molecule has 1 fully saturated rings. The van der Waals surface area contributed by atoms with E-state index < -0.39 is 10.0 Å². The van der Waals surface area contributed by atoms with Gasteiger partial charge in [0.05, 0.1) is 5.69 Å². The first kappa shape index (κ1) is 16.3. The van der Waals surface area contributed by atoms with Crippen LogP contribution in [0.2, 0.25) is 0 Å². The SMILES string of the molecule is Cc1ccc(S(=O)(=O)NCC2CCCCN2)nn1.Cl. The van der Waals surface area contributed by atoms with E-state index in [-0.39, 0.29) is 23.5 Å². The van der Waals surface area contributed by atoms with Crippen LogP contribution in [0.5, 0.6) is 0 Å². The van der Waals surface area contributed by atoms with Crippen molar-refractivity contribution >= 4 is 22.4 Å². The van der Waals surface area contributed by atoms with Crippen molar-refractivity contribution in [3.05, 3.63) is 17.8 Å². The Morgan fingerprint density at radius 1 is 1.37 bits per heavy atom. The van der Waals surface area contributed by atoms with Gasteiger partial charge >= 0.3 is 0 Å². The van der Waals surface area contributed by atoms with Gasteiger partial charge < -0.3 is 5.32 Å². The minimum absolute atomic E-state index is 0. The Balaban J connectivity index is 0.00000180. The summed E-state index contributed by atoms with van der Waals surface area (Å²) in [5.41, 5.74) is 0.697. The minimum atomic E-state index is -3.54. The predicted octanol–water partition coefficient (Wildman–Crippen LogP) is 0.627. The van der Waals surface area contributed by atoms with Gasteiger partial charge in [0.2, 0.25) is 0 Å². The van der Waals surface area contributed by atoms with Crippen molar-refractivity contribution in [1.29, 1.82) is 0 Å². The summed E-state index contributed by atoms with van der Waals surface area (Å²) in [6.07, 6.45) is 3.30. The molecule has 0 aliphatic carbocycles. The van der Waals surface area contributed by atoms with Gasteiger partial charge in [-0.25, -0.2) is 13.1 Å². The van der Waals surface area contributed by atoms with Crippen molar-refractivity contribution in [2.24, 2.45) is 0 Å². The lowest BCUT2D eigenvalue weighted by atomic mass is 10.1. The van der Waals surface area contributed by atoms with Crippen LogP contribution in [0.1, 0.15) is 25.0 Å². The van der Waals surface area contributed by atoms with Crippen molar-refractivity contribution in [3.8, 4) is 0 Å². The highest BCUT2D eigenvalue weighted by atomic mass is 35.5. The van der Waals surface area contributed by atoms with Gasteiger partial charge in [-0.1, -0.05) is 6.42 Å². The smallest absolute Gasteiger partial charge is 0.259 e. The number of nitrogens with zero attached hydrogens (tertiary/aromatic N) is 2. The maximum Gasteiger partial charge on any atom is 0.259 e. The molecule has 19 heavy (non-hydrogen) atoms. The van der Waals surface area contributed by atoms with Gasteiger partial charge in [0.25, 0.3) is 10.0 Å². The van der Waals surface area contributed by atoms with E-state index in [0.29, 0.717) is 12.2 Å². The van der Waals surface area contributed by atoms with Crippen LogP contribution in [0.4, 0.5) is 0 Å². The van der Waals surface area contributed by atoms with Crippen LogP contribution in [0, 0.1) is 6.92 Å². The molecule has 1 aromatic heterocycles. The highest BCUT2D eigenvalue weighted by Gasteiger charge is 2.19. The molecule has 1 saturated heterocycles. The third-order valence-electron chi connectivity index (χ3n) is 2.98. The largest absolute Gasteiger partial charge is 0.313 e. The summed E-state index contributed by atoms with van der Waals surface area (Å²) in [6, 6.07) is 3.33. The third kappa shape index (κ3) is 4.68. The van der Waals surface area contributed by atoms with Crippen molar-refractivity contribution in [2.45, 2.75) is 37.3 Å². The van der Waals surface area contributed by atoms with Gasteiger partial charge in [0.15, 0.2) is 5.03 Å². The number of piperidine rings is 1. The van der Waals surface area contributed by atoms with Gasteiger partial charge in [-0.15, -0.1) is 17.5 Å². The fourth-order valence-electron chi connectivity index (χ4n) is 1.91. The standard InChI is InChI=1S/C11H18N4O2S.ClH/c1-9-5-6-11(15-14-9)18(16,17)13-8-10-4-2-3-7-12-10;/h5-6,10,12-13H,2-4,7-8H2,1H3;1H. The Hall–Kier alpha value is -0.760. The van der Waals surface area contributed by atoms with E-state index in [1.54, 1.807) is 13.0 Å². The molecule has 0 bridgehead atoms. The second-order valence-corrected chi connectivity index (χ2v) is 6.23. The summed E-state index contributed by atoms with van der Waals surface area (Å²) in [4.78, 5) is 0. The van der Waals surface area contributed by atoms with Gasteiger partial charge in [0.1, 0.15) is 0 Å². The minimum Gasteiger partial charge on any atom is -0.313 e. The van der Waals surface area contributed by atoms with E-state index in [2.05, 4.69) is 20.2 Å². The summed E-state index contributed by atoms with van der Waals surface area (Å²) in [5, 5.41) is 10.7. The second-order valence-electron chi connectivity index (χ2n) is 4.51. The zero-order valence-electron chi connectivity index (χ0n) is 10.8. The Morgan fingerprint density at radius 3 is 2.74 bits per heavy atom. The molecule has 2 N–H and O–H groups in total. The fraction of sp³-hybridized carbons (Fsp3) is 0.636. The number of nitrogens with one attached hydrogen (secondary N) is 2. The average molecular weight is 307 g/mol. The van der Waals surface area contributed by atoms with Crippen LogP contribution < -0.4 is 10.0 Å². The van der Waals surface area contributed by atoms with E-state index in [4.69, 9.17) is 0 Å². The van der Waals surface area contributed by atoms with Crippen LogP contribution in [0.3, 0.4) is 0 Å². The molecule has 0 saturated carbocycles. The molecule has 0 amide bonds. The van der Waals surface area contributed by atoms with E-state index in [9.17, 15) is 8.42 Å². The van der Waals surface area contributed by atoms with Gasteiger partial charge in [0, 0.05) is 12.6 Å². The summed E-state index contributed by atoms with van der Waals surface area (Å²) in [6.45, 7) is 3.12. The summed E-state index contributed by atoms with van der Waals surface area (Å²) >= 11 is 0. The summed E-state index contributed by atoms with van der Waals surface area (Å²) in [5.74, 6) is 0. The molecular formula is C11H19ClN4O2S. The molecule has 1 aliphatic heterocycles. The fourth-order valence-corrected chi connectivity index (χ4v) is 2.88. The lowest BCUT2D eigenvalue weighted by Gasteiger charge is -2.23. The number of aryl methyl sites for hydroxylation is 1. The third-order valence-corrected chi connectivity index (χ3v) is 4.30. The molecule has 1 atom stereocenters. The van der Waals surface area contributed by atoms with Crippen molar-refractivity contribution in [3.63, 3.8) is 0 Å². The Kier molecular flexibility index (Phi) is 6.12. The first-order chi connectivity index (χ1) is 8.58. The van der Waals surface area contributed by atoms with Crippen LogP contribution in [0.25, 0.3) is 0 Å². The van der Waals surface area contributed by atoms with Crippen LogP contribution >= 0.6 is 12.4 Å². The molecule has 1 aliphatic rings. The highest BCUT2D eigenvalue weighted by Crippen LogP contribution is 2.08. The lowest BCUT2D eigenvalue weighted by Crippen LogP contribution is -2.43. The molecule has 0 aromatic carbocycles. The van der Waals surface area contributed by atoms with E-state index >= 15 is 0 Å². The zero-order chi connectivity index (χ0) is 13.0. The molecule has 2 heterocycles.